The molecule has 1 rings (SSSR count). The normalized spacial score (nSPS) is 14.0. The Kier molecular flexibility index (Phi) is 5.05. The number of nitrogens with zero attached hydrogens (tertiary/aromatic N) is 1. The lowest BCUT2D eigenvalue weighted by Crippen LogP contribution is -2.19. The Morgan fingerprint density at radius 3 is 2.67 bits per heavy atom. The number of hydrogen-bond acceptors (Lipinski definition) is 3. The van der Waals surface area contributed by atoms with Crippen molar-refractivity contribution in [3.05, 3.63) is 35.9 Å². The molecule has 2 unspecified atom stereocenters. The van der Waals surface area contributed by atoms with Crippen molar-refractivity contribution in [2.45, 2.75) is 24.4 Å². The summed E-state index contributed by atoms with van der Waals surface area (Å²) >= 11 is 5.62. The predicted molar refractivity (Wildman–Crippen MR) is 58.5 cm³/mol. The fraction of sp³-hybridized carbons (Fsp3) is 0.364. The van der Waals surface area contributed by atoms with Crippen LogP contribution in [0.15, 0.2) is 35.3 Å². The summed E-state index contributed by atoms with van der Waals surface area (Å²) in [6, 6.07) is 9.74. The molecule has 0 aliphatic carbocycles. The van der Waals surface area contributed by atoms with Crippen LogP contribution in [0.4, 0.5) is 0 Å². The molecule has 0 aromatic heterocycles. The fourth-order valence-electron chi connectivity index (χ4n) is 1.23. The first-order valence-corrected chi connectivity index (χ1v) is 5.10. The van der Waals surface area contributed by atoms with Gasteiger partial charge in [-0.3, -0.25) is 0 Å². The number of aliphatic hydroxyl groups excluding tert-OH is 1. The topological polar surface area (TPSA) is 49.7 Å². The molecule has 0 spiro atoms. The van der Waals surface area contributed by atoms with E-state index in [0.29, 0.717) is 12.8 Å². The molecule has 15 heavy (non-hydrogen) atoms. The van der Waals surface area contributed by atoms with Crippen LogP contribution in [0.5, 0.6) is 0 Å². The van der Waals surface area contributed by atoms with Crippen LogP contribution in [0.2, 0.25) is 0 Å². The molecular weight excluding hydrogens is 214 g/mol. The Bertz CT molecular complexity index is 336. The van der Waals surface area contributed by atoms with Crippen LogP contribution in [0, 0.1) is 0 Å². The number of isocyanates is 1. The van der Waals surface area contributed by atoms with E-state index in [-0.39, 0.29) is 0 Å². The quantitative estimate of drug-likeness (QED) is 0.360. The standard InChI is InChI=1S/C11H12ClNO2/c12-11(13-8-14)10(15)7-6-9-4-2-1-3-5-9/h1-5,10-11,15H,6-7H2. The van der Waals surface area contributed by atoms with Crippen LogP contribution >= 0.6 is 11.6 Å². The average Bonchev–Trinajstić information content (AvgIpc) is 2.27. The van der Waals surface area contributed by atoms with Gasteiger partial charge in [-0.25, -0.2) is 4.79 Å². The van der Waals surface area contributed by atoms with Gasteiger partial charge < -0.3 is 5.11 Å². The number of aliphatic imine (C=N–C) groups is 1. The minimum absolute atomic E-state index is 0.476. The Morgan fingerprint density at radius 1 is 1.40 bits per heavy atom. The minimum Gasteiger partial charge on any atom is -0.390 e. The van der Waals surface area contributed by atoms with Crippen LogP contribution in [-0.2, 0) is 11.2 Å². The molecule has 2 atom stereocenters. The van der Waals surface area contributed by atoms with Gasteiger partial charge in [0.25, 0.3) is 0 Å². The first-order valence-electron chi connectivity index (χ1n) is 4.67. The molecule has 1 aromatic carbocycles. The number of aryl methyl sites for hydroxylation is 1. The summed E-state index contributed by atoms with van der Waals surface area (Å²) < 4.78 is 0. The van der Waals surface area contributed by atoms with Gasteiger partial charge in [0.05, 0.1) is 6.10 Å². The van der Waals surface area contributed by atoms with Gasteiger partial charge in [-0.05, 0) is 18.4 Å². The number of halogens is 1. The van der Waals surface area contributed by atoms with Crippen molar-refractivity contribution in [3.8, 4) is 0 Å². The molecule has 1 N–H and O–H groups in total. The fourth-order valence-corrected chi connectivity index (χ4v) is 1.40. The first-order chi connectivity index (χ1) is 7.24. The Hall–Kier alpha value is -1.15. The average molecular weight is 226 g/mol. The molecule has 0 fully saturated rings. The second kappa shape index (κ2) is 6.36. The summed E-state index contributed by atoms with van der Waals surface area (Å²) in [5.41, 5.74) is 0.224. The lowest BCUT2D eigenvalue weighted by molar-refractivity contribution is 0.161. The van der Waals surface area contributed by atoms with E-state index in [2.05, 4.69) is 4.99 Å². The molecule has 0 bridgehead atoms. The number of alkyl halides is 1. The zero-order valence-corrected chi connectivity index (χ0v) is 8.89. The largest absolute Gasteiger partial charge is 0.390 e. The van der Waals surface area contributed by atoms with Gasteiger partial charge in [0.1, 0.15) is 0 Å². The minimum atomic E-state index is -0.897. The zero-order valence-electron chi connectivity index (χ0n) is 8.14. The first kappa shape index (κ1) is 11.9. The highest BCUT2D eigenvalue weighted by molar-refractivity contribution is 6.21. The van der Waals surface area contributed by atoms with Gasteiger partial charge in [-0.1, -0.05) is 41.9 Å². The van der Waals surface area contributed by atoms with Gasteiger partial charge in [-0.2, -0.15) is 4.99 Å². The van der Waals surface area contributed by atoms with Crippen molar-refractivity contribution in [2.24, 2.45) is 4.99 Å². The zero-order chi connectivity index (χ0) is 11.1. The summed E-state index contributed by atoms with van der Waals surface area (Å²) in [5, 5.41) is 9.51. The molecule has 0 radical (unpaired) electrons. The summed E-state index contributed by atoms with van der Waals surface area (Å²) in [4.78, 5) is 13.2. The maximum Gasteiger partial charge on any atom is 0.236 e. The van der Waals surface area contributed by atoms with E-state index in [1.165, 1.54) is 6.08 Å². The molecule has 3 nitrogen and oxygen atoms in total. The van der Waals surface area contributed by atoms with E-state index in [1.54, 1.807) is 0 Å². The third-order valence-corrected chi connectivity index (χ3v) is 2.45. The van der Waals surface area contributed by atoms with Gasteiger partial charge in [0.15, 0.2) is 5.50 Å². The third kappa shape index (κ3) is 4.26. The van der Waals surface area contributed by atoms with E-state index in [9.17, 15) is 9.90 Å². The summed E-state index contributed by atoms with van der Waals surface area (Å²) in [6.45, 7) is 0. The van der Waals surface area contributed by atoms with Crippen LogP contribution in [0.25, 0.3) is 0 Å². The maximum absolute atomic E-state index is 9.91. The van der Waals surface area contributed by atoms with Crippen LogP contribution in [0.1, 0.15) is 12.0 Å². The van der Waals surface area contributed by atoms with Crippen molar-refractivity contribution in [3.63, 3.8) is 0 Å². The smallest absolute Gasteiger partial charge is 0.236 e. The lowest BCUT2D eigenvalue weighted by Gasteiger charge is -2.11. The Balaban J connectivity index is 2.40. The Morgan fingerprint density at radius 2 is 2.07 bits per heavy atom. The highest BCUT2D eigenvalue weighted by Crippen LogP contribution is 2.11. The number of carbonyl (C=O) groups excluding carboxylic acids is 1. The van der Waals surface area contributed by atoms with Gasteiger partial charge >= 0.3 is 0 Å². The molecule has 1 aromatic rings. The van der Waals surface area contributed by atoms with E-state index in [1.807, 2.05) is 30.3 Å². The predicted octanol–water partition coefficient (Wildman–Crippen LogP) is 1.88. The van der Waals surface area contributed by atoms with Gasteiger partial charge in [0, 0.05) is 0 Å². The monoisotopic (exact) mass is 225 g/mol. The van der Waals surface area contributed by atoms with Gasteiger partial charge in [0.2, 0.25) is 6.08 Å². The Labute approximate surface area is 93.4 Å². The van der Waals surface area contributed by atoms with Crippen molar-refractivity contribution in [1.29, 1.82) is 0 Å². The highest BCUT2D eigenvalue weighted by Gasteiger charge is 2.14. The molecule has 0 saturated heterocycles. The molecule has 80 valence electrons. The van der Waals surface area contributed by atoms with E-state index in [0.717, 1.165) is 5.56 Å². The van der Waals surface area contributed by atoms with Crippen molar-refractivity contribution >= 4 is 17.7 Å². The molecule has 0 aliphatic heterocycles. The maximum atomic E-state index is 9.91. The van der Waals surface area contributed by atoms with Crippen molar-refractivity contribution in [2.75, 3.05) is 0 Å². The van der Waals surface area contributed by atoms with E-state index >= 15 is 0 Å². The summed E-state index contributed by atoms with van der Waals surface area (Å²) in [7, 11) is 0. The van der Waals surface area contributed by atoms with Crippen LogP contribution in [-0.4, -0.2) is 22.8 Å². The second-order valence-electron chi connectivity index (χ2n) is 3.18. The molecule has 0 saturated carbocycles. The second-order valence-corrected chi connectivity index (χ2v) is 3.63. The lowest BCUT2D eigenvalue weighted by atomic mass is 10.1. The molecule has 4 heteroatoms. The number of rotatable bonds is 5. The number of aliphatic hydroxyl groups is 1. The highest BCUT2D eigenvalue weighted by atomic mass is 35.5. The van der Waals surface area contributed by atoms with Crippen LogP contribution in [0.3, 0.4) is 0 Å². The van der Waals surface area contributed by atoms with Crippen molar-refractivity contribution < 1.29 is 9.90 Å². The van der Waals surface area contributed by atoms with Crippen LogP contribution < -0.4 is 0 Å². The molecule has 0 amide bonds. The molecular formula is C11H12ClNO2. The number of hydrogen-bond donors (Lipinski definition) is 1. The third-order valence-electron chi connectivity index (χ3n) is 2.07. The van der Waals surface area contributed by atoms with Crippen molar-refractivity contribution in [1.82, 2.24) is 0 Å². The van der Waals surface area contributed by atoms with Gasteiger partial charge in [-0.15, -0.1) is 0 Å². The summed E-state index contributed by atoms with van der Waals surface area (Å²) in [5.74, 6) is 0. The molecule has 0 heterocycles. The SMILES string of the molecule is O=C=NC(Cl)C(O)CCc1ccccc1. The van der Waals surface area contributed by atoms with E-state index in [4.69, 9.17) is 11.6 Å². The number of benzene rings is 1. The molecule has 0 aliphatic rings. The van der Waals surface area contributed by atoms with E-state index < -0.39 is 11.6 Å². The summed E-state index contributed by atoms with van der Waals surface area (Å²) in [6.07, 6.45) is 1.70.